The fraction of sp³-hybridized carbons (Fsp3) is 0.263. The number of benzene rings is 2. The smallest absolute Gasteiger partial charge is 0.314 e. The molecule has 0 N–H and O–H groups in total. The summed E-state index contributed by atoms with van der Waals surface area (Å²) in [6, 6.07) is 9.64. The summed E-state index contributed by atoms with van der Waals surface area (Å²) in [4.78, 5) is 14.7. The van der Waals surface area contributed by atoms with Crippen molar-refractivity contribution in [3.8, 4) is 5.75 Å². The summed E-state index contributed by atoms with van der Waals surface area (Å²) >= 11 is 18.0. The van der Waals surface area contributed by atoms with Crippen molar-refractivity contribution in [2.45, 2.75) is 17.7 Å². The predicted octanol–water partition coefficient (Wildman–Crippen LogP) is 4.41. The molecule has 2 aromatic rings. The molecule has 0 unspecified atom stereocenters. The fourth-order valence-electron chi connectivity index (χ4n) is 3.45. The number of carbonyl (C=O) groups excluding carboxylic acids is 1. The molecular weight excluding hydrogens is 459 g/mol. The number of halogens is 3. The zero-order chi connectivity index (χ0) is 20.8. The van der Waals surface area contributed by atoms with Crippen LogP contribution in [0, 0.1) is 5.92 Å². The first kappa shape index (κ1) is 20.5. The molecule has 2 aromatic carbocycles. The Kier molecular flexibility index (Phi) is 5.50. The molecule has 0 radical (unpaired) electrons. The summed E-state index contributed by atoms with van der Waals surface area (Å²) in [6.07, 6.45) is 0.978. The molecule has 6 nitrogen and oxygen atoms in total. The van der Waals surface area contributed by atoms with E-state index in [9.17, 15) is 13.2 Å². The van der Waals surface area contributed by atoms with Crippen LogP contribution in [0.15, 0.2) is 45.7 Å². The van der Waals surface area contributed by atoms with E-state index in [0.717, 1.165) is 0 Å². The standard InChI is InChI=1S/C19H15Cl3N2O4S/c20-12-9-14(21)17(15(22)10-12)28-19(25)11-5-7-24(8-6-11)18-13-3-1-2-4-16(13)29(26,27)23-18/h1-4,9-11H,5-8H2. The Labute approximate surface area is 183 Å². The summed E-state index contributed by atoms with van der Waals surface area (Å²) < 4.78 is 33.8. The Morgan fingerprint density at radius 3 is 2.34 bits per heavy atom. The van der Waals surface area contributed by atoms with Crippen molar-refractivity contribution in [3.05, 3.63) is 57.0 Å². The van der Waals surface area contributed by atoms with E-state index < -0.39 is 16.0 Å². The van der Waals surface area contributed by atoms with Gasteiger partial charge in [0.25, 0.3) is 10.0 Å². The van der Waals surface area contributed by atoms with Crippen LogP contribution in [0.3, 0.4) is 0 Å². The van der Waals surface area contributed by atoms with Crippen molar-refractivity contribution >= 4 is 56.6 Å². The molecule has 0 atom stereocenters. The lowest BCUT2D eigenvalue weighted by Gasteiger charge is -2.32. The first-order chi connectivity index (χ1) is 13.8. The van der Waals surface area contributed by atoms with Gasteiger partial charge in [-0.1, -0.05) is 46.9 Å². The van der Waals surface area contributed by atoms with Crippen LogP contribution >= 0.6 is 34.8 Å². The summed E-state index contributed by atoms with van der Waals surface area (Å²) in [7, 11) is -3.67. The lowest BCUT2D eigenvalue weighted by Crippen LogP contribution is -2.41. The van der Waals surface area contributed by atoms with E-state index in [1.165, 1.54) is 12.1 Å². The number of piperidine rings is 1. The number of amidine groups is 1. The molecule has 10 heteroatoms. The first-order valence-corrected chi connectivity index (χ1v) is 11.4. The summed E-state index contributed by atoms with van der Waals surface area (Å²) in [5.74, 6) is -0.276. The van der Waals surface area contributed by atoms with Crippen molar-refractivity contribution in [1.82, 2.24) is 4.90 Å². The number of rotatable bonds is 2. The molecule has 0 saturated carbocycles. The average Bonchev–Trinajstić information content (AvgIpc) is 2.96. The van der Waals surface area contributed by atoms with Crippen molar-refractivity contribution < 1.29 is 17.9 Å². The Morgan fingerprint density at radius 2 is 1.69 bits per heavy atom. The van der Waals surface area contributed by atoms with Gasteiger partial charge in [-0.2, -0.15) is 8.42 Å². The highest BCUT2D eigenvalue weighted by Crippen LogP contribution is 2.37. The van der Waals surface area contributed by atoms with Crippen LogP contribution in [0.1, 0.15) is 18.4 Å². The monoisotopic (exact) mass is 472 g/mol. The van der Waals surface area contributed by atoms with Crippen LogP contribution in [0.5, 0.6) is 5.75 Å². The topological polar surface area (TPSA) is 76.0 Å². The molecule has 0 aromatic heterocycles. The third-order valence-corrected chi connectivity index (χ3v) is 7.01. The molecule has 0 aliphatic carbocycles. The minimum Gasteiger partial charge on any atom is -0.423 e. The number of ether oxygens (including phenoxy) is 1. The predicted molar refractivity (Wildman–Crippen MR) is 112 cm³/mol. The number of carbonyl (C=O) groups is 1. The largest absolute Gasteiger partial charge is 0.423 e. The minimum absolute atomic E-state index is 0.0883. The Hall–Kier alpha value is -1.80. The van der Waals surface area contributed by atoms with Gasteiger partial charge in [0.2, 0.25) is 0 Å². The second-order valence-corrected chi connectivity index (χ2v) is 9.59. The maximum Gasteiger partial charge on any atom is 0.314 e. The second kappa shape index (κ2) is 7.80. The zero-order valence-electron chi connectivity index (χ0n) is 14.9. The van der Waals surface area contributed by atoms with E-state index in [-0.39, 0.29) is 26.6 Å². The number of esters is 1. The molecule has 2 aliphatic heterocycles. The van der Waals surface area contributed by atoms with E-state index >= 15 is 0 Å². The van der Waals surface area contributed by atoms with Crippen LogP contribution in [0.25, 0.3) is 0 Å². The maximum atomic E-state index is 12.6. The number of hydrogen-bond acceptors (Lipinski definition) is 5. The number of sulfonamides is 1. The highest BCUT2D eigenvalue weighted by molar-refractivity contribution is 7.90. The third-order valence-electron chi connectivity index (χ3n) is 4.91. The van der Waals surface area contributed by atoms with Crippen LogP contribution in [0.4, 0.5) is 0 Å². The molecule has 152 valence electrons. The van der Waals surface area contributed by atoms with Gasteiger partial charge in [0, 0.05) is 23.7 Å². The molecular formula is C19H15Cl3N2O4S. The second-order valence-electron chi connectivity index (χ2n) is 6.77. The summed E-state index contributed by atoms with van der Waals surface area (Å²) in [5.41, 5.74) is 0.591. The molecule has 2 heterocycles. The van der Waals surface area contributed by atoms with Crippen molar-refractivity contribution in [3.63, 3.8) is 0 Å². The van der Waals surface area contributed by atoms with E-state index in [0.29, 0.717) is 42.4 Å². The van der Waals surface area contributed by atoms with Gasteiger partial charge in [-0.25, -0.2) is 0 Å². The quantitative estimate of drug-likeness (QED) is 0.477. The summed E-state index contributed by atoms with van der Waals surface area (Å²) in [5, 5.41) is 0.673. The fourth-order valence-corrected chi connectivity index (χ4v) is 5.58. The molecule has 0 amide bonds. The van der Waals surface area contributed by atoms with Crippen LogP contribution in [0.2, 0.25) is 15.1 Å². The molecule has 29 heavy (non-hydrogen) atoms. The van der Waals surface area contributed by atoms with Crippen molar-refractivity contribution in [2.24, 2.45) is 10.3 Å². The lowest BCUT2D eigenvalue weighted by molar-refractivity contribution is -0.140. The summed E-state index contributed by atoms with van der Waals surface area (Å²) in [6.45, 7) is 0.953. The Bertz CT molecular complexity index is 1100. The van der Waals surface area contributed by atoms with Gasteiger partial charge in [0.05, 0.1) is 16.0 Å². The molecule has 0 bridgehead atoms. The van der Waals surface area contributed by atoms with E-state index in [1.54, 1.807) is 24.3 Å². The van der Waals surface area contributed by atoms with Gasteiger partial charge in [0.15, 0.2) is 11.6 Å². The Morgan fingerprint density at radius 1 is 1.07 bits per heavy atom. The van der Waals surface area contributed by atoms with Gasteiger partial charge in [-0.05, 0) is 37.1 Å². The van der Waals surface area contributed by atoms with Gasteiger partial charge in [-0.15, -0.1) is 4.40 Å². The number of nitrogens with zero attached hydrogens (tertiary/aromatic N) is 2. The van der Waals surface area contributed by atoms with E-state index in [4.69, 9.17) is 39.5 Å². The molecule has 1 fully saturated rings. The molecule has 0 spiro atoms. The Balaban J connectivity index is 1.45. The number of fused-ring (bicyclic) bond motifs is 1. The molecule has 2 aliphatic rings. The van der Waals surface area contributed by atoms with Crippen LogP contribution < -0.4 is 4.74 Å². The van der Waals surface area contributed by atoms with Crippen LogP contribution in [-0.2, 0) is 14.8 Å². The first-order valence-electron chi connectivity index (χ1n) is 8.82. The van der Waals surface area contributed by atoms with Gasteiger partial charge in [-0.3, -0.25) is 4.79 Å². The SMILES string of the molecule is O=C(Oc1c(Cl)cc(Cl)cc1Cl)C1CCN(C2=NS(=O)(=O)c3ccccc32)CC1. The van der Waals surface area contributed by atoms with Crippen LogP contribution in [-0.4, -0.2) is 38.2 Å². The normalized spacial score (nSPS) is 18.3. The number of likely N-dealkylation sites (tertiary alicyclic amines) is 1. The molecule has 1 saturated heterocycles. The highest BCUT2D eigenvalue weighted by atomic mass is 35.5. The minimum atomic E-state index is -3.67. The lowest BCUT2D eigenvalue weighted by atomic mass is 9.96. The highest BCUT2D eigenvalue weighted by Gasteiger charge is 2.35. The van der Waals surface area contributed by atoms with Gasteiger partial charge in [0.1, 0.15) is 4.90 Å². The van der Waals surface area contributed by atoms with E-state index in [1.807, 2.05) is 4.90 Å². The van der Waals surface area contributed by atoms with E-state index in [2.05, 4.69) is 4.40 Å². The van der Waals surface area contributed by atoms with Crippen molar-refractivity contribution in [1.29, 1.82) is 0 Å². The van der Waals surface area contributed by atoms with Gasteiger partial charge < -0.3 is 9.64 Å². The zero-order valence-corrected chi connectivity index (χ0v) is 18.0. The third kappa shape index (κ3) is 3.97. The van der Waals surface area contributed by atoms with Crippen molar-refractivity contribution in [2.75, 3.05) is 13.1 Å². The average molecular weight is 474 g/mol. The molecule has 4 rings (SSSR count). The number of hydrogen-bond donors (Lipinski definition) is 0. The van der Waals surface area contributed by atoms with Gasteiger partial charge >= 0.3 is 5.97 Å². The maximum absolute atomic E-state index is 12.6.